The molecule has 0 aliphatic carbocycles. The molecule has 0 saturated heterocycles. The van der Waals surface area contributed by atoms with Crippen LogP contribution in [0.5, 0.6) is 0 Å². The largest absolute Gasteiger partial charge is 0.461 e. The molecule has 0 N–H and O–H groups in total. The quantitative estimate of drug-likeness (QED) is 0.770. The number of halogens is 1. The van der Waals surface area contributed by atoms with Crippen molar-refractivity contribution >= 4 is 33.2 Å². The van der Waals surface area contributed by atoms with Crippen LogP contribution in [0.3, 0.4) is 0 Å². The molecule has 5 nitrogen and oxygen atoms in total. The zero-order chi connectivity index (χ0) is 15.6. The number of aromatic nitrogens is 3. The number of carbonyl (C=O) groups is 1. The van der Waals surface area contributed by atoms with Gasteiger partial charge in [0.05, 0.1) is 18.8 Å². The van der Waals surface area contributed by atoms with E-state index in [9.17, 15) is 4.79 Å². The molecule has 2 aromatic rings. The predicted molar refractivity (Wildman–Crippen MR) is 85.8 cm³/mol. The highest BCUT2D eigenvalue weighted by molar-refractivity contribution is 9.10. The van der Waals surface area contributed by atoms with Gasteiger partial charge >= 0.3 is 5.97 Å². The minimum absolute atomic E-state index is 0.255. The van der Waals surface area contributed by atoms with Gasteiger partial charge in [0.25, 0.3) is 0 Å². The molecule has 2 aromatic heterocycles. The third-order valence-corrected chi connectivity index (χ3v) is 4.81. The highest BCUT2D eigenvalue weighted by Gasteiger charge is 2.30. The van der Waals surface area contributed by atoms with Crippen molar-refractivity contribution in [3.05, 3.63) is 32.2 Å². The second kappa shape index (κ2) is 6.27. The summed E-state index contributed by atoms with van der Waals surface area (Å²) < 4.78 is 7.90. The Morgan fingerprint density at radius 2 is 2.19 bits per heavy atom. The summed E-state index contributed by atoms with van der Waals surface area (Å²) in [5, 5.41) is 10.2. The lowest BCUT2D eigenvalue weighted by atomic mass is 9.90. The molecular formula is C14H18BrN3O2S. The van der Waals surface area contributed by atoms with E-state index in [1.165, 1.54) is 0 Å². The third-order valence-electron chi connectivity index (χ3n) is 2.90. The molecule has 2 rings (SSSR count). The van der Waals surface area contributed by atoms with Crippen molar-refractivity contribution in [1.29, 1.82) is 0 Å². The van der Waals surface area contributed by atoms with Gasteiger partial charge in [-0.05, 0) is 34.3 Å². The van der Waals surface area contributed by atoms with Crippen LogP contribution in [-0.4, -0.2) is 27.6 Å². The summed E-state index contributed by atoms with van der Waals surface area (Å²) in [5.74, 6) is -0.418. The van der Waals surface area contributed by atoms with Gasteiger partial charge in [-0.25, -0.2) is 9.48 Å². The molecule has 0 amide bonds. The summed E-state index contributed by atoms with van der Waals surface area (Å²) in [6, 6.07) is 2.00. The molecule has 0 saturated carbocycles. The predicted octanol–water partition coefficient (Wildman–Crippen LogP) is 3.62. The smallest absolute Gasteiger partial charge is 0.360 e. The van der Waals surface area contributed by atoms with Crippen LogP contribution in [0, 0.1) is 0 Å². The fourth-order valence-electron chi connectivity index (χ4n) is 2.08. The molecule has 7 heteroatoms. The zero-order valence-corrected chi connectivity index (χ0v) is 14.9. The molecule has 0 aromatic carbocycles. The van der Waals surface area contributed by atoms with Crippen molar-refractivity contribution in [2.45, 2.75) is 39.7 Å². The first-order valence-corrected chi connectivity index (χ1v) is 8.34. The lowest BCUT2D eigenvalue weighted by Gasteiger charge is -2.20. The highest BCUT2D eigenvalue weighted by atomic mass is 79.9. The van der Waals surface area contributed by atoms with Crippen LogP contribution in [0.15, 0.2) is 15.9 Å². The molecule has 114 valence electrons. The van der Waals surface area contributed by atoms with Gasteiger partial charge in [0.1, 0.15) is 0 Å². The van der Waals surface area contributed by atoms with Crippen molar-refractivity contribution in [2.75, 3.05) is 6.61 Å². The van der Waals surface area contributed by atoms with Gasteiger partial charge in [-0.3, -0.25) is 0 Å². The van der Waals surface area contributed by atoms with Crippen molar-refractivity contribution in [1.82, 2.24) is 15.0 Å². The molecule has 0 fully saturated rings. The summed E-state index contributed by atoms with van der Waals surface area (Å²) in [5.41, 5.74) is 0.841. The second-order valence-corrected chi connectivity index (χ2v) is 7.46. The van der Waals surface area contributed by atoms with Gasteiger partial charge < -0.3 is 4.74 Å². The van der Waals surface area contributed by atoms with Crippen molar-refractivity contribution in [2.24, 2.45) is 0 Å². The molecular weight excluding hydrogens is 354 g/mol. The Morgan fingerprint density at radius 3 is 2.71 bits per heavy atom. The van der Waals surface area contributed by atoms with Gasteiger partial charge in [-0.15, -0.1) is 16.4 Å². The average molecular weight is 372 g/mol. The Kier molecular flexibility index (Phi) is 4.83. The van der Waals surface area contributed by atoms with Crippen LogP contribution in [0.25, 0.3) is 0 Å². The fraction of sp³-hybridized carbons (Fsp3) is 0.500. The minimum Gasteiger partial charge on any atom is -0.461 e. The minimum atomic E-state index is -0.418. The SMILES string of the molecule is CCOC(=O)c1nnn(Cc2sccc2Br)c1C(C)(C)C. The molecule has 0 atom stereocenters. The molecule has 0 aliphatic heterocycles. The van der Waals surface area contributed by atoms with E-state index in [0.717, 1.165) is 15.0 Å². The number of thiophene rings is 1. The summed E-state index contributed by atoms with van der Waals surface area (Å²) >= 11 is 5.16. The Balaban J connectivity index is 2.42. The van der Waals surface area contributed by atoms with Crippen molar-refractivity contribution < 1.29 is 9.53 Å². The number of hydrogen-bond donors (Lipinski definition) is 0. The van der Waals surface area contributed by atoms with Crippen LogP contribution in [0.2, 0.25) is 0 Å². The van der Waals surface area contributed by atoms with Gasteiger partial charge in [0.2, 0.25) is 0 Å². The highest BCUT2D eigenvalue weighted by Crippen LogP contribution is 2.28. The van der Waals surface area contributed by atoms with Crippen LogP contribution < -0.4 is 0 Å². The van der Waals surface area contributed by atoms with Gasteiger partial charge in [0, 0.05) is 14.8 Å². The third kappa shape index (κ3) is 3.52. The lowest BCUT2D eigenvalue weighted by Crippen LogP contribution is -2.23. The standard InChI is InChI=1S/C14H18BrN3O2S/c1-5-20-13(19)11-12(14(2,3)4)18(17-16-11)8-10-9(15)6-7-21-10/h6-7H,5,8H2,1-4H3. The Hall–Kier alpha value is -1.21. The first-order valence-electron chi connectivity index (χ1n) is 6.67. The maximum Gasteiger partial charge on any atom is 0.360 e. The van der Waals surface area contributed by atoms with Gasteiger partial charge in [0.15, 0.2) is 5.69 Å². The zero-order valence-electron chi connectivity index (χ0n) is 12.5. The van der Waals surface area contributed by atoms with Crippen LogP contribution in [0.4, 0.5) is 0 Å². The number of hydrogen-bond acceptors (Lipinski definition) is 5. The first-order chi connectivity index (χ1) is 9.84. The Morgan fingerprint density at radius 1 is 1.48 bits per heavy atom. The summed E-state index contributed by atoms with van der Waals surface area (Å²) in [6.07, 6.45) is 0. The Bertz CT molecular complexity index is 643. The van der Waals surface area contributed by atoms with Gasteiger partial charge in [-0.2, -0.15) is 0 Å². The van der Waals surface area contributed by atoms with Crippen LogP contribution in [-0.2, 0) is 16.7 Å². The van der Waals surface area contributed by atoms with Crippen molar-refractivity contribution in [3.63, 3.8) is 0 Å². The van der Waals surface area contributed by atoms with E-state index in [4.69, 9.17) is 4.74 Å². The topological polar surface area (TPSA) is 57.0 Å². The first kappa shape index (κ1) is 16.2. The molecule has 0 bridgehead atoms. The van der Waals surface area contributed by atoms with E-state index in [-0.39, 0.29) is 5.41 Å². The van der Waals surface area contributed by atoms with Gasteiger partial charge in [-0.1, -0.05) is 26.0 Å². The number of ether oxygens (including phenoxy) is 1. The normalized spacial score (nSPS) is 11.7. The van der Waals surface area contributed by atoms with E-state index in [0.29, 0.717) is 18.8 Å². The van der Waals surface area contributed by atoms with E-state index in [1.54, 1.807) is 22.9 Å². The molecule has 0 unspecified atom stereocenters. The van der Waals surface area contributed by atoms with E-state index >= 15 is 0 Å². The molecule has 21 heavy (non-hydrogen) atoms. The van der Waals surface area contributed by atoms with Crippen LogP contribution in [0.1, 0.15) is 48.8 Å². The van der Waals surface area contributed by atoms with Crippen molar-refractivity contribution in [3.8, 4) is 0 Å². The molecule has 0 spiro atoms. The maximum absolute atomic E-state index is 12.1. The number of nitrogens with zero attached hydrogens (tertiary/aromatic N) is 3. The lowest BCUT2D eigenvalue weighted by molar-refractivity contribution is 0.0516. The maximum atomic E-state index is 12.1. The summed E-state index contributed by atoms with van der Waals surface area (Å²) in [6.45, 7) is 8.79. The fourth-order valence-corrected chi connectivity index (χ4v) is 3.54. The summed E-state index contributed by atoms with van der Waals surface area (Å²) in [7, 11) is 0. The molecule has 0 radical (unpaired) electrons. The van der Waals surface area contributed by atoms with Crippen LogP contribution >= 0.6 is 27.3 Å². The second-order valence-electron chi connectivity index (χ2n) is 5.61. The monoisotopic (exact) mass is 371 g/mol. The number of carbonyl (C=O) groups excluding carboxylic acids is 1. The average Bonchev–Trinajstić information content (AvgIpc) is 2.97. The molecule has 0 aliphatic rings. The number of esters is 1. The van der Waals surface area contributed by atoms with E-state index < -0.39 is 5.97 Å². The van der Waals surface area contributed by atoms with E-state index in [2.05, 4.69) is 26.2 Å². The van der Waals surface area contributed by atoms with E-state index in [1.807, 2.05) is 32.2 Å². The summed E-state index contributed by atoms with van der Waals surface area (Å²) in [4.78, 5) is 13.2. The number of rotatable bonds is 4. The Labute approximate surface area is 136 Å². The molecule has 2 heterocycles.